The quantitative estimate of drug-likeness (QED) is 0.823. The molecular weight excluding hydrogens is 303 g/mol. The summed E-state index contributed by atoms with van der Waals surface area (Å²) in [7, 11) is 0. The van der Waals surface area contributed by atoms with Crippen LogP contribution in [-0.4, -0.2) is 15.9 Å². The molecule has 0 bridgehead atoms. The molecule has 1 saturated carbocycles. The first-order valence-electron chi connectivity index (χ1n) is 6.97. The predicted octanol–water partition coefficient (Wildman–Crippen LogP) is 3.69. The van der Waals surface area contributed by atoms with Gasteiger partial charge in [-0.25, -0.2) is 4.39 Å². The van der Waals surface area contributed by atoms with Crippen molar-refractivity contribution in [3.05, 3.63) is 57.5 Å². The molecule has 5 heteroatoms. The maximum atomic E-state index is 13.4. The lowest BCUT2D eigenvalue weighted by Gasteiger charge is -2.23. The van der Waals surface area contributed by atoms with Crippen molar-refractivity contribution in [3.63, 3.8) is 0 Å². The van der Waals surface area contributed by atoms with Gasteiger partial charge >= 0.3 is 0 Å². The number of halogens is 1. The zero-order valence-electron chi connectivity index (χ0n) is 11.6. The largest absolute Gasteiger partial charge is 0.389 e. The molecule has 0 spiro atoms. The number of thiophene rings is 1. The highest BCUT2D eigenvalue weighted by molar-refractivity contribution is 7.80. The van der Waals surface area contributed by atoms with Crippen LogP contribution in [0.15, 0.2) is 35.0 Å². The molecule has 1 heterocycles. The van der Waals surface area contributed by atoms with Crippen molar-refractivity contribution in [3.8, 4) is 0 Å². The Labute approximate surface area is 133 Å². The van der Waals surface area contributed by atoms with E-state index in [1.165, 1.54) is 30.5 Å². The molecule has 0 unspecified atom stereocenters. The molecule has 0 aliphatic heterocycles. The fourth-order valence-electron chi connectivity index (χ4n) is 2.51. The first-order chi connectivity index (χ1) is 10.1. The van der Waals surface area contributed by atoms with Gasteiger partial charge in [0.15, 0.2) is 0 Å². The molecule has 3 rings (SSSR count). The van der Waals surface area contributed by atoms with Gasteiger partial charge in [-0.3, -0.25) is 4.90 Å². The van der Waals surface area contributed by atoms with Gasteiger partial charge in [0.2, 0.25) is 0 Å². The summed E-state index contributed by atoms with van der Waals surface area (Å²) in [6, 6.07) is 7.49. The maximum absolute atomic E-state index is 13.4. The van der Waals surface area contributed by atoms with Crippen LogP contribution in [0.2, 0.25) is 0 Å². The van der Waals surface area contributed by atoms with Crippen molar-refractivity contribution in [1.29, 1.82) is 0 Å². The summed E-state index contributed by atoms with van der Waals surface area (Å²) in [5.41, 5.74) is 8.72. The highest BCUT2D eigenvalue weighted by Crippen LogP contribution is 2.30. The Balaban J connectivity index is 1.81. The SMILES string of the molecule is NC(=S)c1cc(F)ccc1CN(Cc1ccsc1)C1CC1. The van der Waals surface area contributed by atoms with Crippen LogP contribution < -0.4 is 5.73 Å². The molecule has 2 nitrogen and oxygen atoms in total. The summed E-state index contributed by atoms with van der Waals surface area (Å²) in [4.78, 5) is 2.69. The summed E-state index contributed by atoms with van der Waals surface area (Å²) in [5, 5.41) is 4.27. The number of thiocarbonyl (C=S) groups is 1. The summed E-state index contributed by atoms with van der Waals surface area (Å²) in [6.07, 6.45) is 2.46. The Kier molecular flexibility index (Phi) is 4.33. The van der Waals surface area contributed by atoms with Crippen molar-refractivity contribution in [2.75, 3.05) is 0 Å². The number of hydrogen-bond acceptors (Lipinski definition) is 3. The number of nitrogens with two attached hydrogens (primary N) is 1. The molecule has 1 aromatic carbocycles. The molecule has 0 radical (unpaired) electrons. The fraction of sp³-hybridized carbons (Fsp3) is 0.312. The zero-order valence-corrected chi connectivity index (χ0v) is 13.2. The molecule has 0 amide bonds. The third-order valence-electron chi connectivity index (χ3n) is 3.74. The van der Waals surface area contributed by atoms with Gasteiger partial charge in [-0.2, -0.15) is 11.3 Å². The van der Waals surface area contributed by atoms with E-state index in [1.807, 2.05) is 0 Å². The normalized spacial score (nSPS) is 14.6. The number of hydrogen-bond donors (Lipinski definition) is 1. The second-order valence-electron chi connectivity index (χ2n) is 5.43. The molecule has 2 aromatic rings. The van der Waals surface area contributed by atoms with Gasteiger partial charge in [-0.05, 0) is 52.9 Å². The fourth-order valence-corrected chi connectivity index (χ4v) is 3.36. The number of rotatable bonds is 6. The van der Waals surface area contributed by atoms with Crippen LogP contribution in [0.4, 0.5) is 4.39 Å². The molecule has 1 aromatic heterocycles. The topological polar surface area (TPSA) is 29.3 Å². The van der Waals surface area contributed by atoms with Gasteiger partial charge in [0.1, 0.15) is 10.8 Å². The highest BCUT2D eigenvalue weighted by Gasteiger charge is 2.29. The minimum Gasteiger partial charge on any atom is -0.389 e. The second kappa shape index (κ2) is 6.22. The van der Waals surface area contributed by atoms with Crippen molar-refractivity contribution < 1.29 is 4.39 Å². The summed E-state index contributed by atoms with van der Waals surface area (Å²) in [6.45, 7) is 1.68. The summed E-state index contributed by atoms with van der Waals surface area (Å²) >= 11 is 6.77. The average molecular weight is 320 g/mol. The third kappa shape index (κ3) is 3.67. The molecule has 0 saturated heterocycles. The molecule has 0 atom stereocenters. The number of nitrogens with zero attached hydrogens (tertiary/aromatic N) is 1. The van der Waals surface area contributed by atoms with E-state index in [-0.39, 0.29) is 10.8 Å². The number of benzene rings is 1. The van der Waals surface area contributed by atoms with E-state index in [9.17, 15) is 4.39 Å². The minimum atomic E-state index is -0.294. The second-order valence-corrected chi connectivity index (χ2v) is 6.65. The highest BCUT2D eigenvalue weighted by atomic mass is 32.1. The first-order valence-corrected chi connectivity index (χ1v) is 8.32. The van der Waals surface area contributed by atoms with Crippen LogP contribution in [0.1, 0.15) is 29.5 Å². The van der Waals surface area contributed by atoms with E-state index in [0.29, 0.717) is 11.6 Å². The van der Waals surface area contributed by atoms with Crippen molar-refractivity contribution >= 4 is 28.5 Å². The Morgan fingerprint density at radius 1 is 1.33 bits per heavy atom. The van der Waals surface area contributed by atoms with Gasteiger partial charge in [-0.1, -0.05) is 18.3 Å². The Morgan fingerprint density at radius 3 is 2.76 bits per heavy atom. The minimum absolute atomic E-state index is 0.260. The van der Waals surface area contributed by atoms with Crippen molar-refractivity contribution in [2.45, 2.75) is 32.0 Å². The first kappa shape index (κ1) is 14.6. The summed E-state index contributed by atoms with van der Waals surface area (Å²) < 4.78 is 13.4. The Morgan fingerprint density at radius 2 is 2.14 bits per heavy atom. The van der Waals surface area contributed by atoms with Crippen LogP contribution in [-0.2, 0) is 13.1 Å². The van der Waals surface area contributed by atoms with Crippen LogP contribution >= 0.6 is 23.6 Å². The molecule has 2 N–H and O–H groups in total. The lowest BCUT2D eigenvalue weighted by molar-refractivity contribution is 0.246. The van der Waals surface area contributed by atoms with Gasteiger partial charge in [0.25, 0.3) is 0 Å². The van der Waals surface area contributed by atoms with Crippen molar-refractivity contribution in [2.24, 2.45) is 5.73 Å². The Bertz CT molecular complexity index is 636. The molecule has 1 fully saturated rings. The Hall–Kier alpha value is -1.30. The van der Waals surface area contributed by atoms with Crippen LogP contribution in [0.3, 0.4) is 0 Å². The lowest BCUT2D eigenvalue weighted by atomic mass is 10.1. The molecule has 1 aliphatic carbocycles. The molecule has 1 aliphatic rings. The van der Waals surface area contributed by atoms with Crippen LogP contribution in [0.5, 0.6) is 0 Å². The van der Waals surface area contributed by atoms with E-state index in [1.54, 1.807) is 17.4 Å². The van der Waals surface area contributed by atoms with E-state index >= 15 is 0 Å². The monoisotopic (exact) mass is 320 g/mol. The lowest BCUT2D eigenvalue weighted by Crippen LogP contribution is -2.26. The molecule has 21 heavy (non-hydrogen) atoms. The van der Waals surface area contributed by atoms with Crippen molar-refractivity contribution in [1.82, 2.24) is 4.90 Å². The van der Waals surface area contributed by atoms with Crippen LogP contribution in [0.25, 0.3) is 0 Å². The molecular formula is C16H17FN2S2. The van der Waals surface area contributed by atoms with Gasteiger partial charge in [0, 0.05) is 24.7 Å². The van der Waals surface area contributed by atoms with Gasteiger partial charge < -0.3 is 5.73 Å². The smallest absolute Gasteiger partial charge is 0.123 e. The predicted molar refractivity (Wildman–Crippen MR) is 88.9 cm³/mol. The zero-order chi connectivity index (χ0) is 14.8. The molecule has 110 valence electrons. The van der Waals surface area contributed by atoms with Crippen LogP contribution in [0, 0.1) is 5.82 Å². The van der Waals surface area contributed by atoms with E-state index in [2.05, 4.69) is 21.7 Å². The average Bonchev–Trinajstić information content (AvgIpc) is 3.18. The standard InChI is InChI=1S/C16H17FN2S2/c17-13-2-1-12(15(7-13)16(18)20)9-19(14-3-4-14)8-11-5-6-21-10-11/h1-2,5-7,10,14H,3-4,8-9H2,(H2,18,20). The van der Waals surface area contributed by atoms with Gasteiger partial charge in [0.05, 0.1) is 0 Å². The van der Waals surface area contributed by atoms with E-state index < -0.39 is 0 Å². The van der Waals surface area contributed by atoms with Gasteiger partial charge in [-0.15, -0.1) is 0 Å². The van der Waals surface area contributed by atoms with E-state index in [4.69, 9.17) is 18.0 Å². The van der Waals surface area contributed by atoms with E-state index in [0.717, 1.165) is 18.7 Å². The third-order valence-corrected chi connectivity index (χ3v) is 4.69. The maximum Gasteiger partial charge on any atom is 0.123 e. The summed E-state index contributed by atoms with van der Waals surface area (Å²) in [5.74, 6) is -0.294.